The van der Waals surface area contributed by atoms with Gasteiger partial charge in [-0.2, -0.15) is 0 Å². The fourth-order valence-corrected chi connectivity index (χ4v) is 1.79. The Morgan fingerprint density at radius 3 is 1.84 bits per heavy atom. The largest absolute Gasteiger partial charge is 1.00 e. The Hall–Kier alpha value is 0.1000. The van der Waals surface area contributed by atoms with E-state index >= 15 is 0 Å². The minimum atomic E-state index is -0.865. The van der Waals surface area contributed by atoms with E-state index in [1.165, 1.54) is 38.5 Å². The number of hydrogen-bond donors (Lipinski definition) is 1. The van der Waals surface area contributed by atoms with Gasteiger partial charge in [0.05, 0.1) is 0 Å². The normalized spacial score (nSPS) is 9.79. The van der Waals surface area contributed by atoms with Crippen LogP contribution in [0.4, 0.5) is 0 Å². The molecule has 0 aromatic rings. The van der Waals surface area contributed by atoms with Gasteiger partial charge in [-0.25, -0.2) is 4.79 Å². The van der Waals surface area contributed by atoms with Crippen LogP contribution in [-0.4, -0.2) is 23.7 Å². The molecule has 0 saturated heterocycles. The quantitative estimate of drug-likeness (QED) is 0.252. The van der Waals surface area contributed by atoms with Crippen molar-refractivity contribution in [2.75, 3.05) is 6.61 Å². The topological polar surface area (TPSA) is 63.6 Å². The van der Waals surface area contributed by atoms with Gasteiger partial charge in [0.1, 0.15) is 6.61 Å². The van der Waals surface area contributed by atoms with Crippen LogP contribution >= 0.6 is 0 Å². The van der Waals surface area contributed by atoms with Crippen LogP contribution in [0.15, 0.2) is 0 Å². The number of unbranched alkanes of at least 4 members (excludes halogenated alkanes) is 8. The summed E-state index contributed by atoms with van der Waals surface area (Å²) in [7, 11) is 0. The molecule has 5 heteroatoms. The molecule has 0 aliphatic rings. The zero-order valence-electron chi connectivity index (χ0n) is 13.5. The summed E-state index contributed by atoms with van der Waals surface area (Å²) in [5.41, 5.74) is 0. The maximum atomic E-state index is 11.1. The van der Waals surface area contributed by atoms with Crippen molar-refractivity contribution in [1.82, 2.24) is 0 Å². The van der Waals surface area contributed by atoms with Crippen LogP contribution in [0.1, 0.15) is 72.6 Å². The Balaban J connectivity index is -0.00000144. The third-order valence-electron chi connectivity index (χ3n) is 2.84. The van der Waals surface area contributed by atoms with Gasteiger partial charge in [-0.1, -0.05) is 58.3 Å². The van der Waals surface area contributed by atoms with E-state index in [4.69, 9.17) is 5.11 Å². The van der Waals surface area contributed by atoms with Crippen molar-refractivity contribution in [3.63, 3.8) is 0 Å². The number of carbonyl (C=O) groups excluding carboxylic acids is 2. The van der Waals surface area contributed by atoms with Crippen LogP contribution in [-0.2, 0) is 14.3 Å². The second-order valence-corrected chi connectivity index (χ2v) is 4.58. The number of aliphatic hydroxyl groups excluding tert-OH is 1. The van der Waals surface area contributed by atoms with E-state index in [1.54, 1.807) is 0 Å². The molecule has 0 radical (unpaired) electrons. The molecule has 0 aliphatic heterocycles. The molecule has 0 spiro atoms. The molecule has 0 amide bonds. The molecule has 0 aromatic carbocycles. The van der Waals surface area contributed by atoms with Crippen LogP contribution in [0.5, 0.6) is 0 Å². The summed E-state index contributed by atoms with van der Waals surface area (Å²) in [6, 6.07) is 0. The number of carbonyl (C=O) groups is 2. The molecule has 108 valence electrons. The Bertz CT molecular complexity index is 237. The SMILES string of the molecule is CCCCCCCCCCCC(=O)OC(=O)CO.[H-].[Na+]. The fraction of sp³-hybridized carbons (Fsp3) is 0.857. The van der Waals surface area contributed by atoms with Gasteiger partial charge in [0, 0.05) is 6.42 Å². The van der Waals surface area contributed by atoms with Gasteiger partial charge in [0.2, 0.25) is 0 Å². The Morgan fingerprint density at radius 1 is 0.895 bits per heavy atom. The van der Waals surface area contributed by atoms with E-state index in [2.05, 4.69) is 11.7 Å². The molecule has 0 atom stereocenters. The van der Waals surface area contributed by atoms with Crippen molar-refractivity contribution in [3.05, 3.63) is 0 Å². The summed E-state index contributed by atoms with van der Waals surface area (Å²) in [6.07, 6.45) is 10.9. The zero-order valence-corrected chi connectivity index (χ0v) is 14.5. The molecule has 0 heterocycles. The smallest absolute Gasteiger partial charge is 1.00 e. The number of rotatable bonds is 11. The predicted molar refractivity (Wildman–Crippen MR) is 71.1 cm³/mol. The molecular formula is C14H27NaO4. The summed E-state index contributed by atoms with van der Waals surface area (Å²) in [4.78, 5) is 21.7. The molecule has 0 unspecified atom stereocenters. The third kappa shape index (κ3) is 16.0. The third-order valence-corrected chi connectivity index (χ3v) is 2.84. The van der Waals surface area contributed by atoms with Gasteiger partial charge >= 0.3 is 41.5 Å². The van der Waals surface area contributed by atoms with E-state index in [0.717, 1.165) is 19.3 Å². The molecule has 0 rings (SSSR count). The van der Waals surface area contributed by atoms with E-state index < -0.39 is 18.5 Å². The van der Waals surface area contributed by atoms with Gasteiger partial charge in [-0.15, -0.1) is 0 Å². The van der Waals surface area contributed by atoms with Crippen molar-refractivity contribution in [1.29, 1.82) is 0 Å². The molecule has 0 aromatic heterocycles. The molecule has 0 fully saturated rings. The first kappa shape index (κ1) is 21.4. The summed E-state index contributed by atoms with van der Waals surface area (Å²) in [5, 5.41) is 8.39. The van der Waals surface area contributed by atoms with E-state index in [1.807, 2.05) is 0 Å². The molecular weight excluding hydrogens is 255 g/mol. The molecule has 0 aliphatic carbocycles. The summed E-state index contributed by atoms with van der Waals surface area (Å²) in [5.74, 6) is -1.40. The van der Waals surface area contributed by atoms with E-state index in [9.17, 15) is 9.59 Å². The second-order valence-electron chi connectivity index (χ2n) is 4.58. The van der Waals surface area contributed by atoms with E-state index in [0.29, 0.717) is 0 Å². The minimum Gasteiger partial charge on any atom is -1.00 e. The van der Waals surface area contributed by atoms with Gasteiger partial charge in [-0.05, 0) is 6.42 Å². The van der Waals surface area contributed by atoms with Crippen LogP contribution < -0.4 is 29.6 Å². The first-order chi connectivity index (χ1) is 8.70. The first-order valence-corrected chi connectivity index (χ1v) is 7.05. The van der Waals surface area contributed by atoms with Crippen LogP contribution in [0.25, 0.3) is 0 Å². The van der Waals surface area contributed by atoms with E-state index in [-0.39, 0.29) is 37.4 Å². The van der Waals surface area contributed by atoms with Crippen LogP contribution in [0, 0.1) is 0 Å². The van der Waals surface area contributed by atoms with Crippen molar-refractivity contribution in [2.24, 2.45) is 0 Å². The summed E-state index contributed by atoms with van der Waals surface area (Å²) >= 11 is 0. The van der Waals surface area contributed by atoms with Gasteiger partial charge in [0.25, 0.3) is 0 Å². The monoisotopic (exact) mass is 282 g/mol. The van der Waals surface area contributed by atoms with Gasteiger partial charge in [0.15, 0.2) is 0 Å². The van der Waals surface area contributed by atoms with Crippen LogP contribution in [0.2, 0.25) is 0 Å². The second kappa shape index (κ2) is 16.2. The fourth-order valence-electron chi connectivity index (χ4n) is 1.79. The predicted octanol–water partition coefficient (Wildman–Crippen LogP) is 0.0859. The van der Waals surface area contributed by atoms with Crippen molar-refractivity contribution >= 4 is 11.9 Å². The molecule has 4 nitrogen and oxygen atoms in total. The average molecular weight is 282 g/mol. The van der Waals surface area contributed by atoms with Gasteiger partial charge < -0.3 is 11.3 Å². The Labute approximate surface area is 140 Å². The molecule has 0 bridgehead atoms. The molecule has 19 heavy (non-hydrogen) atoms. The maximum Gasteiger partial charge on any atom is 1.00 e. The van der Waals surface area contributed by atoms with Crippen molar-refractivity contribution in [2.45, 2.75) is 71.1 Å². The Kier molecular flexibility index (Phi) is 18.2. The number of hydrogen-bond acceptors (Lipinski definition) is 4. The van der Waals surface area contributed by atoms with Gasteiger partial charge in [-0.3, -0.25) is 4.79 Å². The van der Waals surface area contributed by atoms with Crippen molar-refractivity contribution < 1.29 is 50.4 Å². The number of ether oxygens (including phenoxy) is 1. The zero-order chi connectivity index (χ0) is 13.6. The average Bonchev–Trinajstić information content (AvgIpc) is 2.36. The number of aliphatic hydroxyl groups is 1. The maximum absolute atomic E-state index is 11.1. The number of esters is 2. The standard InChI is InChI=1S/C14H26O4.Na.H/c1-2-3-4-5-6-7-8-9-10-11-13(16)18-14(17)12-15;;/h15H,2-12H2,1H3;;/q;+1;-1. The summed E-state index contributed by atoms with van der Waals surface area (Å²) < 4.78 is 4.34. The van der Waals surface area contributed by atoms with Crippen molar-refractivity contribution in [3.8, 4) is 0 Å². The first-order valence-electron chi connectivity index (χ1n) is 7.05. The molecule has 0 saturated carbocycles. The molecule has 1 N–H and O–H groups in total. The summed E-state index contributed by atoms with van der Waals surface area (Å²) in [6.45, 7) is 1.48. The minimum absolute atomic E-state index is 0. The Morgan fingerprint density at radius 2 is 1.37 bits per heavy atom. The van der Waals surface area contributed by atoms with Crippen LogP contribution in [0.3, 0.4) is 0 Å².